The maximum Gasteiger partial charge on any atom is 0.311 e. The van der Waals surface area contributed by atoms with Crippen LogP contribution in [-0.2, 0) is 27.2 Å². The van der Waals surface area contributed by atoms with Crippen LogP contribution in [0.25, 0.3) is 33.8 Å². The number of hydrogen-bond acceptors (Lipinski definition) is 5. The number of nitrogens with zero attached hydrogens (tertiary/aromatic N) is 4. The van der Waals surface area contributed by atoms with E-state index in [1.807, 2.05) is 34.7 Å². The van der Waals surface area contributed by atoms with Crippen molar-refractivity contribution in [1.82, 2.24) is 18.8 Å². The van der Waals surface area contributed by atoms with Crippen molar-refractivity contribution in [3.05, 3.63) is 117 Å². The van der Waals surface area contributed by atoms with Crippen LogP contribution in [-0.4, -0.2) is 42.4 Å². The summed E-state index contributed by atoms with van der Waals surface area (Å²) in [4.78, 5) is 32.2. The number of benzene rings is 2. The Bertz CT molecular complexity index is 1970. The molecule has 1 N–H and O–H groups in total. The van der Waals surface area contributed by atoms with Gasteiger partial charge in [-0.05, 0) is 55.5 Å². The van der Waals surface area contributed by atoms with E-state index < -0.39 is 5.97 Å². The molecule has 0 saturated carbocycles. The van der Waals surface area contributed by atoms with Gasteiger partial charge in [0.1, 0.15) is 11.3 Å². The average molecular weight is 670 g/mol. The van der Waals surface area contributed by atoms with Crippen molar-refractivity contribution in [3.8, 4) is 22.5 Å². The fourth-order valence-corrected chi connectivity index (χ4v) is 5.22. The minimum absolute atomic E-state index is 0.118. The summed E-state index contributed by atoms with van der Waals surface area (Å²) in [6, 6.07) is 21.5. The lowest BCUT2D eigenvalue weighted by Crippen LogP contribution is -2.10. The molecule has 0 aliphatic rings. The van der Waals surface area contributed by atoms with Gasteiger partial charge in [0.2, 0.25) is 0 Å². The average Bonchev–Trinajstić information content (AvgIpc) is 3.51. The van der Waals surface area contributed by atoms with Crippen molar-refractivity contribution in [1.29, 1.82) is 0 Å². The van der Waals surface area contributed by atoms with Crippen LogP contribution in [0.1, 0.15) is 18.3 Å². The van der Waals surface area contributed by atoms with Gasteiger partial charge in [-0.1, -0.05) is 70.7 Å². The van der Waals surface area contributed by atoms with Crippen molar-refractivity contribution >= 4 is 69.6 Å². The number of hydrogen-bond donors (Lipinski definition) is 1. The molecule has 4 aromatic heterocycles. The number of halogens is 4. The number of fused-ring (bicyclic) bond motifs is 2. The second-order valence-electron chi connectivity index (χ2n) is 9.53. The number of aliphatic carboxylic acids is 1. The molecule has 12 heteroatoms. The van der Waals surface area contributed by atoms with Crippen molar-refractivity contribution in [2.45, 2.75) is 19.8 Å². The molecule has 4 heterocycles. The van der Waals surface area contributed by atoms with E-state index in [0.29, 0.717) is 43.7 Å². The highest BCUT2D eigenvalue weighted by Gasteiger charge is 2.19. The SMILES string of the molecule is CCOC(=O)Cc1c(-c2ccc(Cl)cc2)nc2ccc(Cl)cn12.O=C(O)Cc1c(-c2ccc(Cl)cc2)nc2ccc(Cl)cn12. The Balaban J connectivity index is 0.000000175. The van der Waals surface area contributed by atoms with Gasteiger partial charge in [-0.2, -0.15) is 0 Å². The van der Waals surface area contributed by atoms with Crippen LogP contribution in [0.15, 0.2) is 85.2 Å². The lowest BCUT2D eigenvalue weighted by atomic mass is 10.1. The number of aromatic nitrogens is 4. The van der Waals surface area contributed by atoms with Crippen LogP contribution in [0.2, 0.25) is 20.1 Å². The summed E-state index contributed by atoms with van der Waals surface area (Å²) in [6.07, 6.45) is 3.40. The minimum Gasteiger partial charge on any atom is -0.481 e. The highest BCUT2D eigenvalue weighted by atomic mass is 35.5. The molecule has 2 aromatic carbocycles. The fourth-order valence-electron chi connectivity index (χ4n) is 4.64. The summed E-state index contributed by atoms with van der Waals surface area (Å²) in [6.45, 7) is 2.12. The van der Waals surface area contributed by atoms with Gasteiger partial charge in [0.15, 0.2) is 0 Å². The standard InChI is InChI=1S/C17H14Cl2N2O2.C15H10Cl2N2O2/c1-2-23-16(22)9-14-17(11-3-5-12(18)6-4-11)20-15-8-7-13(19)10-21(14)15;16-10-3-1-9(2-4-10)15-12(7-14(20)21)19-8-11(17)5-6-13(19)18-15/h3-8,10H,2,9H2,1H3;1-6,8H,7H2,(H,20,21). The van der Waals surface area contributed by atoms with Crippen LogP contribution in [0.4, 0.5) is 0 Å². The summed E-state index contributed by atoms with van der Waals surface area (Å²) in [5.74, 6) is -1.23. The molecule has 0 saturated heterocycles. The lowest BCUT2D eigenvalue weighted by Gasteiger charge is -2.06. The van der Waals surface area contributed by atoms with E-state index in [2.05, 4.69) is 9.97 Å². The first-order valence-electron chi connectivity index (χ1n) is 13.3. The fraction of sp³-hybridized carbons (Fsp3) is 0.125. The summed E-state index contributed by atoms with van der Waals surface area (Å²) in [5.41, 5.74) is 5.74. The van der Waals surface area contributed by atoms with Gasteiger partial charge >= 0.3 is 11.9 Å². The van der Waals surface area contributed by atoms with Crippen molar-refractivity contribution in [2.75, 3.05) is 6.61 Å². The monoisotopic (exact) mass is 668 g/mol. The number of esters is 1. The minimum atomic E-state index is -0.924. The molecule has 6 rings (SSSR count). The topological polar surface area (TPSA) is 98.2 Å². The van der Waals surface area contributed by atoms with Gasteiger partial charge in [0.25, 0.3) is 0 Å². The first kappa shape index (κ1) is 31.3. The number of carboxylic acid groups (broad SMARTS) is 1. The van der Waals surface area contributed by atoms with Crippen LogP contribution in [0.5, 0.6) is 0 Å². The lowest BCUT2D eigenvalue weighted by molar-refractivity contribution is -0.142. The number of rotatable bonds is 7. The van der Waals surface area contributed by atoms with E-state index in [1.54, 1.807) is 66.2 Å². The van der Waals surface area contributed by atoms with E-state index in [-0.39, 0.29) is 18.8 Å². The normalized spacial score (nSPS) is 10.9. The van der Waals surface area contributed by atoms with Gasteiger partial charge in [-0.25, -0.2) is 9.97 Å². The van der Waals surface area contributed by atoms with Gasteiger partial charge < -0.3 is 18.6 Å². The Morgan fingerprint density at radius 1 is 0.659 bits per heavy atom. The van der Waals surface area contributed by atoms with Gasteiger partial charge in [0.05, 0.1) is 52.3 Å². The molecular formula is C32H24Cl4N4O4. The molecule has 6 aromatic rings. The molecule has 224 valence electrons. The zero-order valence-electron chi connectivity index (χ0n) is 23.2. The van der Waals surface area contributed by atoms with Crippen LogP contribution in [0.3, 0.4) is 0 Å². The number of carboxylic acids is 1. The highest BCUT2D eigenvalue weighted by molar-refractivity contribution is 6.31. The van der Waals surface area contributed by atoms with E-state index in [0.717, 1.165) is 28.2 Å². The van der Waals surface area contributed by atoms with E-state index in [4.69, 9.17) is 56.2 Å². The Morgan fingerprint density at radius 2 is 1.07 bits per heavy atom. The second-order valence-corrected chi connectivity index (χ2v) is 11.3. The van der Waals surface area contributed by atoms with Gasteiger partial charge in [0, 0.05) is 33.6 Å². The number of carbonyl (C=O) groups excluding carboxylic acids is 1. The molecule has 0 atom stereocenters. The molecule has 0 aliphatic heterocycles. The molecule has 0 amide bonds. The van der Waals surface area contributed by atoms with Crippen LogP contribution >= 0.6 is 46.4 Å². The van der Waals surface area contributed by atoms with E-state index in [9.17, 15) is 9.59 Å². The van der Waals surface area contributed by atoms with Crippen LogP contribution < -0.4 is 0 Å². The zero-order chi connectivity index (χ0) is 31.4. The summed E-state index contributed by atoms with van der Waals surface area (Å²) in [7, 11) is 0. The molecule has 8 nitrogen and oxygen atoms in total. The first-order valence-corrected chi connectivity index (χ1v) is 14.9. The zero-order valence-corrected chi connectivity index (χ0v) is 26.2. The molecule has 0 fully saturated rings. The van der Waals surface area contributed by atoms with E-state index in [1.165, 1.54) is 0 Å². The Hall–Kier alpha value is -4.08. The second kappa shape index (κ2) is 13.7. The van der Waals surface area contributed by atoms with Gasteiger partial charge in [-0.15, -0.1) is 0 Å². The molecule has 0 spiro atoms. The van der Waals surface area contributed by atoms with Crippen molar-refractivity contribution < 1.29 is 19.4 Å². The number of carbonyl (C=O) groups is 2. The Morgan fingerprint density at radius 3 is 1.48 bits per heavy atom. The number of pyridine rings is 2. The number of ether oxygens (including phenoxy) is 1. The first-order chi connectivity index (χ1) is 21.1. The quantitative estimate of drug-likeness (QED) is 0.172. The third-order valence-electron chi connectivity index (χ3n) is 6.53. The summed E-state index contributed by atoms with van der Waals surface area (Å²) < 4.78 is 8.60. The molecular weight excluding hydrogens is 646 g/mol. The summed E-state index contributed by atoms with van der Waals surface area (Å²) in [5, 5.41) is 11.5. The number of imidazole rings is 2. The molecule has 0 bridgehead atoms. The smallest absolute Gasteiger partial charge is 0.311 e. The summed E-state index contributed by atoms with van der Waals surface area (Å²) >= 11 is 23.9. The maximum atomic E-state index is 12.0. The van der Waals surface area contributed by atoms with Gasteiger partial charge in [-0.3, -0.25) is 9.59 Å². The van der Waals surface area contributed by atoms with Crippen molar-refractivity contribution in [2.24, 2.45) is 0 Å². The Labute approximate surface area is 272 Å². The van der Waals surface area contributed by atoms with E-state index >= 15 is 0 Å². The molecule has 0 aliphatic carbocycles. The Kier molecular flexibility index (Phi) is 9.76. The molecule has 0 unspecified atom stereocenters. The maximum absolute atomic E-state index is 12.0. The van der Waals surface area contributed by atoms with Crippen LogP contribution in [0, 0.1) is 0 Å². The third kappa shape index (κ3) is 7.17. The molecule has 44 heavy (non-hydrogen) atoms. The molecule has 0 radical (unpaired) electrons. The third-order valence-corrected chi connectivity index (χ3v) is 7.48. The largest absolute Gasteiger partial charge is 0.481 e. The highest BCUT2D eigenvalue weighted by Crippen LogP contribution is 2.29. The predicted molar refractivity (Wildman–Crippen MR) is 173 cm³/mol. The van der Waals surface area contributed by atoms with Crippen molar-refractivity contribution in [3.63, 3.8) is 0 Å². The predicted octanol–water partition coefficient (Wildman–Crippen LogP) is 8.35.